The summed E-state index contributed by atoms with van der Waals surface area (Å²) >= 11 is 5.11. The lowest BCUT2D eigenvalue weighted by molar-refractivity contribution is -0.153. The van der Waals surface area contributed by atoms with Gasteiger partial charge in [-0.2, -0.15) is 0 Å². The van der Waals surface area contributed by atoms with E-state index in [0.29, 0.717) is 6.07 Å². The topological polar surface area (TPSA) is 46.5 Å². The zero-order chi connectivity index (χ0) is 13.2. The Morgan fingerprint density at radius 3 is 2.59 bits per heavy atom. The molecule has 1 aromatic carbocycles. The third kappa shape index (κ3) is 2.70. The van der Waals surface area contributed by atoms with Crippen LogP contribution in [-0.2, 0) is 9.53 Å². The van der Waals surface area contributed by atoms with Gasteiger partial charge in [-0.25, -0.2) is 18.0 Å². The Bertz CT molecular complexity index is 451. The van der Waals surface area contributed by atoms with Crippen LogP contribution >= 0.6 is 11.6 Å². The fourth-order valence-corrected chi connectivity index (χ4v) is 1.28. The van der Waals surface area contributed by atoms with Gasteiger partial charge in [0.05, 0.1) is 6.61 Å². The number of ether oxygens (including phenoxy) is 1. The van der Waals surface area contributed by atoms with E-state index in [1.54, 1.807) is 0 Å². The van der Waals surface area contributed by atoms with Gasteiger partial charge in [-0.15, -0.1) is 0 Å². The van der Waals surface area contributed by atoms with Crippen molar-refractivity contribution in [3.63, 3.8) is 0 Å². The van der Waals surface area contributed by atoms with Gasteiger partial charge in [-0.3, -0.25) is 0 Å². The normalized spacial score (nSPS) is 12.4. The van der Waals surface area contributed by atoms with Crippen LogP contribution in [0.25, 0.3) is 0 Å². The first-order valence-electron chi connectivity index (χ1n) is 4.57. The number of aliphatic hydroxyl groups is 1. The minimum absolute atomic E-state index is 0.0595. The molecule has 0 amide bonds. The smallest absolute Gasteiger partial charge is 0.339 e. The fraction of sp³-hybridized carbons (Fsp3) is 0.300. The van der Waals surface area contributed by atoms with E-state index < -0.39 is 40.1 Å². The second-order valence-corrected chi connectivity index (χ2v) is 3.42. The quantitative estimate of drug-likeness (QED) is 0.520. The zero-order valence-electron chi connectivity index (χ0n) is 8.64. The molecule has 0 radical (unpaired) electrons. The number of carbonyl (C=O) groups is 1. The van der Waals surface area contributed by atoms with Crippen LogP contribution in [0.5, 0.6) is 0 Å². The molecule has 0 aliphatic heterocycles. The van der Waals surface area contributed by atoms with Gasteiger partial charge in [-0.05, 0) is 13.0 Å². The van der Waals surface area contributed by atoms with E-state index in [-0.39, 0.29) is 6.61 Å². The van der Waals surface area contributed by atoms with Crippen molar-refractivity contribution in [2.24, 2.45) is 0 Å². The van der Waals surface area contributed by atoms with Crippen LogP contribution in [0.2, 0.25) is 5.02 Å². The van der Waals surface area contributed by atoms with E-state index >= 15 is 0 Å². The van der Waals surface area contributed by atoms with Crippen molar-refractivity contribution in [1.29, 1.82) is 0 Å². The van der Waals surface area contributed by atoms with Crippen LogP contribution in [0.15, 0.2) is 6.07 Å². The highest BCUT2D eigenvalue weighted by molar-refractivity contribution is 6.30. The molecule has 0 fully saturated rings. The third-order valence-corrected chi connectivity index (χ3v) is 2.28. The Labute approximate surface area is 99.8 Å². The Morgan fingerprint density at radius 2 is 2.06 bits per heavy atom. The van der Waals surface area contributed by atoms with Gasteiger partial charge in [-0.1, -0.05) is 11.6 Å². The molecule has 0 saturated heterocycles. The fourth-order valence-electron chi connectivity index (χ4n) is 1.14. The van der Waals surface area contributed by atoms with Crippen molar-refractivity contribution in [1.82, 2.24) is 0 Å². The number of rotatable bonds is 3. The van der Waals surface area contributed by atoms with E-state index in [1.807, 2.05) is 0 Å². The van der Waals surface area contributed by atoms with Crippen LogP contribution in [0.1, 0.15) is 18.6 Å². The average Bonchev–Trinajstić information content (AvgIpc) is 2.30. The van der Waals surface area contributed by atoms with Gasteiger partial charge in [0, 0.05) is 5.56 Å². The molecule has 7 heteroatoms. The molecule has 0 aromatic heterocycles. The molecule has 17 heavy (non-hydrogen) atoms. The Balaban J connectivity index is 3.19. The standard InChI is InChI=1S/C10H8ClF3O3/c1-2-17-10(16)9(15)4-3-5(12)6(11)8(14)7(4)13/h3,9,15H,2H2,1H3. The van der Waals surface area contributed by atoms with Crippen molar-refractivity contribution in [3.05, 3.63) is 34.1 Å². The zero-order valence-corrected chi connectivity index (χ0v) is 9.39. The van der Waals surface area contributed by atoms with E-state index in [2.05, 4.69) is 4.74 Å². The summed E-state index contributed by atoms with van der Waals surface area (Å²) in [5.74, 6) is -5.72. The number of esters is 1. The molecule has 0 saturated carbocycles. The minimum Gasteiger partial charge on any atom is -0.464 e. The first-order valence-corrected chi connectivity index (χ1v) is 4.95. The van der Waals surface area contributed by atoms with E-state index in [1.165, 1.54) is 6.92 Å². The Morgan fingerprint density at radius 1 is 1.47 bits per heavy atom. The molecule has 0 aliphatic rings. The van der Waals surface area contributed by atoms with Crippen LogP contribution in [-0.4, -0.2) is 17.7 Å². The highest BCUT2D eigenvalue weighted by atomic mass is 35.5. The second-order valence-electron chi connectivity index (χ2n) is 3.04. The monoisotopic (exact) mass is 268 g/mol. The van der Waals surface area contributed by atoms with E-state index in [9.17, 15) is 23.1 Å². The summed E-state index contributed by atoms with van der Waals surface area (Å²) in [4.78, 5) is 11.1. The maximum absolute atomic E-state index is 13.3. The molecule has 0 heterocycles. The van der Waals surface area contributed by atoms with Gasteiger partial charge in [0.2, 0.25) is 0 Å². The second kappa shape index (κ2) is 5.37. The Hall–Kier alpha value is -1.27. The SMILES string of the molecule is CCOC(=O)C(O)c1cc(F)c(Cl)c(F)c1F. The lowest BCUT2D eigenvalue weighted by Gasteiger charge is -2.12. The van der Waals surface area contributed by atoms with Gasteiger partial charge in [0.15, 0.2) is 17.7 Å². The predicted octanol–water partition coefficient (Wildman–Crippen LogP) is 2.35. The molecule has 1 atom stereocenters. The largest absolute Gasteiger partial charge is 0.464 e. The number of carbonyl (C=O) groups excluding carboxylic acids is 1. The summed E-state index contributed by atoms with van der Waals surface area (Å²) in [6.45, 7) is 1.40. The number of benzene rings is 1. The molecule has 0 bridgehead atoms. The van der Waals surface area contributed by atoms with E-state index in [0.717, 1.165) is 0 Å². The predicted molar refractivity (Wildman–Crippen MR) is 52.9 cm³/mol. The van der Waals surface area contributed by atoms with Gasteiger partial charge >= 0.3 is 5.97 Å². The first kappa shape index (κ1) is 13.8. The lowest BCUT2D eigenvalue weighted by atomic mass is 10.1. The van der Waals surface area contributed by atoms with Crippen LogP contribution < -0.4 is 0 Å². The summed E-state index contributed by atoms with van der Waals surface area (Å²) in [6, 6.07) is 0.447. The number of hydrogen-bond donors (Lipinski definition) is 1. The number of hydrogen-bond acceptors (Lipinski definition) is 3. The van der Waals surface area contributed by atoms with Crippen molar-refractivity contribution >= 4 is 17.6 Å². The van der Waals surface area contributed by atoms with Crippen LogP contribution in [0.4, 0.5) is 13.2 Å². The Kier molecular flexibility index (Phi) is 4.36. The van der Waals surface area contributed by atoms with Crippen molar-refractivity contribution in [2.75, 3.05) is 6.61 Å². The first-order chi connectivity index (χ1) is 7.90. The molecular formula is C10H8ClF3O3. The third-order valence-electron chi connectivity index (χ3n) is 1.94. The molecule has 3 nitrogen and oxygen atoms in total. The molecule has 1 N–H and O–H groups in total. The summed E-state index contributed by atoms with van der Waals surface area (Å²) in [7, 11) is 0. The summed E-state index contributed by atoms with van der Waals surface area (Å²) in [6.07, 6.45) is -2.10. The maximum Gasteiger partial charge on any atom is 0.339 e. The van der Waals surface area contributed by atoms with Crippen LogP contribution in [0, 0.1) is 17.5 Å². The summed E-state index contributed by atoms with van der Waals surface area (Å²) < 4.78 is 43.8. The van der Waals surface area contributed by atoms with E-state index in [4.69, 9.17) is 11.6 Å². The molecule has 94 valence electrons. The maximum atomic E-state index is 13.3. The van der Waals surface area contributed by atoms with Gasteiger partial charge in [0.1, 0.15) is 10.8 Å². The summed E-state index contributed by atoms with van der Waals surface area (Å²) in [5.41, 5.74) is -0.858. The minimum atomic E-state index is -2.10. The lowest BCUT2D eigenvalue weighted by Crippen LogP contribution is -2.17. The van der Waals surface area contributed by atoms with Gasteiger partial charge < -0.3 is 9.84 Å². The number of halogens is 4. The van der Waals surface area contributed by atoms with Gasteiger partial charge in [0.25, 0.3) is 0 Å². The number of aliphatic hydroxyl groups excluding tert-OH is 1. The molecular weight excluding hydrogens is 261 g/mol. The average molecular weight is 269 g/mol. The highest BCUT2D eigenvalue weighted by Gasteiger charge is 2.27. The molecule has 0 spiro atoms. The molecule has 1 unspecified atom stereocenters. The molecule has 0 aliphatic carbocycles. The molecule has 1 aromatic rings. The van der Waals surface area contributed by atoms with Crippen LogP contribution in [0.3, 0.4) is 0 Å². The van der Waals surface area contributed by atoms with Crippen molar-refractivity contribution in [3.8, 4) is 0 Å². The summed E-state index contributed by atoms with van der Waals surface area (Å²) in [5, 5.41) is 8.31. The van der Waals surface area contributed by atoms with Crippen molar-refractivity contribution in [2.45, 2.75) is 13.0 Å². The molecule has 1 rings (SSSR count). The van der Waals surface area contributed by atoms with Crippen molar-refractivity contribution < 1.29 is 27.8 Å². The highest BCUT2D eigenvalue weighted by Crippen LogP contribution is 2.28.